The third-order valence-electron chi connectivity index (χ3n) is 5.19. The van der Waals surface area contributed by atoms with Gasteiger partial charge >= 0.3 is 0 Å². The number of likely N-dealkylation sites (N-methyl/N-ethyl adjacent to an activating group) is 1. The van der Waals surface area contributed by atoms with Crippen LogP contribution in [0.1, 0.15) is 15.9 Å². The number of rotatable bonds is 2. The first-order chi connectivity index (χ1) is 12.6. The molecule has 1 saturated heterocycles. The summed E-state index contributed by atoms with van der Waals surface area (Å²) in [5.41, 5.74) is 5.10. The summed E-state index contributed by atoms with van der Waals surface area (Å²) in [6.45, 7) is 5.53. The van der Waals surface area contributed by atoms with Gasteiger partial charge in [-0.3, -0.25) is 9.78 Å². The van der Waals surface area contributed by atoms with E-state index in [1.165, 1.54) is 0 Å². The highest BCUT2D eigenvalue weighted by Gasteiger charge is 2.21. The predicted octanol–water partition coefficient (Wildman–Crippen LogP) is 3.60. The van der Waals surface area contributed by atoms with Crippen LogP contribution in [0.15, 0.2) is 54.7 Å². The van der Waals surface area contributed by atoms with Crippen molar-refractivity contribution in [3.05, 3.63) is 65.9 Å². The van der Waals surface area contributed by atoms with Crippen LogP contribution >= 0.6 is 0 Å². The lowest BCUT2D eigenvalue weighted by molar-refractivity contribution is 0.0664. The molecular weight excluding hydrogens is 322 g/mol. The fourth-order valence-corrected chi connectivity index (χ4v) is 3.61. The van der Waals surface area contributed by atoms with E-state index in [1.807, 2.05) is 29.3 Å². The van der Waals surface area contributed by atoms with Crippen molar-refractivity contribution in [1.82, 2.24) is 14.8 Å². The topological polar surface area (TPSA) is 36.4 Å². The molecule has 1 aromatic heterocycles. The van der Waals surface area contributed by atoms with Gasteiger partial charge in [0, 0.05) is 48.9 Å². The normalized spacial score (nSPS) is 15.4. The number of pyridine rings is 1. The lowest BCUT2D eigenvalue weighted by atomic mass is 9.96. The Morgan fingerprint density at radius 1 is 0.962 bits per heavy atom. The van der Waals surface area contributed by atoms with Gasteiger partial charge in [0.25, 0.3) is 5.91 Å². The number of hydrogen-bond donors (Lipinski definition) is 0. The largest absolute Gasteiger partial charge is 0.336 e. The van der Waals surface area contributed by atoms with Crippen molar-refractivity contribution in [2.45, 2.75) is 6.92 Å². The zero-order valence-electron chi connectivity index (χ0n) is 15.3. The van der Waals surface area contributed by atoms with E-state index in [9.17, 15) is 4.79 Å². The van der Waals surface area contributed by atoms with Crippen LogP contribution in [0.25, 0.3) is 22.0 Å². The minimum atomic E-state index is 0.129. The van der Waals surface area contributed by atoms with Gasteiger partial charge in [-0.05, 0) is 43.3 Å². The number of hydrogen-bond acceptors (Lipinski definition) is 3. The monoisotopic (exact) mass is 345 g/mol. The molecule has 2 heterocycles. The Labute approximate surface area is 154 Å². The van der Waals surface area contributed by atoms with Crippen LogP contribution < -0.4 is 0 Å². The second-order valence-corrected chi connectivity index (χ2v) is 7.01. The van der Waals surface area contributed by atoms with Crippen LogP contribution in [0, 0.1) is 6.92 Å². The molecule has 1 amide bonds. The number of aryl methyl sites for hydroxylation is 1. The third-order valence-corrected chi connectivity index (χ3v) is 5.19. The Kier molecular flexibility index (Phi) is 4.43. The van der Waals surface area contributed by atoms with E-state index in [-0.39, 0.29) is 5.91 Å². The standard InChI is InChI=1S/C22H23N3O/c1-16-15-18(22(26)25-13-11-24(2)12-14-25)8-9-19(16)20-7-3-5-17-6-4-10-23-21(17)20/h3-10,15H,11-14H2,1-2H3. The van der Waals surface area contributed by atoms with Crippen LogP contribution in [0.5, 0.6) is 0 Å². The minimum Gasteiger partial charge on any atom is -0.336 e. The van der Waals surface area contributed by atoms with Gasteiger partial charge in [-0.25, -0.2) is 0 Å². The zero-order chi connectivity index (χ0) is 18.1. The Hall–Kier alpha value is -2.72. The second-order valence-electron chi connectivity index (χ2n) is 7.01. The number of carbonyl (C=O) groups excluding carboxylic acids is 1. The molecule has 0 N–H and O–H groups in total. The first-order valence-electron chi connectivity index (χ1n) is 9.06. The molecule has 3 aromatic rings. The van der Waals surface area contributed by atoms with Crippen LogP contribution in [-0.4, -0.2) is 53.9 Å². The molecule has 0 unspecified atom stereocenters. The van der Waals surface area contributed by atoms with Crippen molar-refractivity contribution in [1.29, 1.82) is 0 Å². The number of para-hydroxylation sites is 1. The van der Waals surface area contributed by atoms with Crippen LogP contribution in [0.3, 0.4) is 0 Å². The average molecular weight is 345 g/mol. The Morgan fingerprint density at radius 2 is 1.73 bits per heavy atom. The summed E-state index contributed by atoms with van der Waals surface area (Å²) in [5.74, 6) is 0.129. The maximum Gasteiger partial charge on any atom is 0.253 e. The van der Waals surface area contributed by atoms with Crippen molar-refractivity contribution in [3.63, 3.8) is 0 Å². The maximum atomic E-state index is 12.8. The average Bonchev–Trinajstić information content (AvgIpc) is 2.68. The molecule has 0 radical (unpaired) electrons. The molecule has 26 heavy (non-hydrogen) atoms. The highest BCUT2D eigenvalue weighted by molar-refractivity contribution is 5.97. The summed E-state index contributed by atoms with van der Waals surface area (Å²) in [7, 11) is 2.10. The summed E-state index contributed by atoms with van der Waals surface area (Å²) in [4.78, 5) is 21.6. The summed E-state index contributed by atoms with van der Waals surface area (Å²) < 4.78 is 0. The van der Waals surface area contributed by atoms with E-state index in [0.717, 1.165) is 59.3 Å². The van der Waals surface area contributed by atoms with Crippen molar-refractivity contribution < 1.29 is 4.79 Å². The highest BCUT2D eigenvalue weighted by Crippen LogP contribution is 2.30. The fourth-order valence-electron chi connectivity index (χ4n) is 3.61. The quantitative estimate of drug-likeness (QED) is 0.712. The SMILES string of the molecule is Cc1cc(C(=O)N2CCN(C)CC2)ccc1-c1cccc2cccnc12. The Morgan fingerprint density at radius 3 is 2.50 bits per heavy atom. The van der Waals surface area contributed by atoms with Gasteiger partial charge in [0.15, 0.2) is 0 Å². The molecule has 0 aliphatic carbocycles. The molecule has 0 spiro atoms. The number of piperazine rings is 1. The number of amides is 1. The minimum absolute atomic E-state index is 0.129. The fraction of sp³-hybridized carbons (Fsp3) is 0.273. The maximum absolute atomic E-state index is 12.8. The van der Waals surface area contributed by atoms with E-state index in [0.29, 0.717) is 0 Å². The Balaban J connectivity index is 1.67. The summed E-state index contributed by atoms with van der Waals surface area (Å²) in [5, 5.41) is 1.13. The number of nitrogens with zero attached hydrogens (tertiary/aromatic N) is 3. The molecular formula is C22H23N3O. The van der Waals surface area contributed by atoms with Gasteiger partial charge in [0.05, 0.1) is 5.52 Å². The lowest BCUT2D eigenvalue weighted by Gasteiger charge is -2.32. The van der Waals surface area contributed by atoms with E-state index < -0.39 is 0 Å². The zero-order valence-corrected chi connectivity index (χ0v) is 15.3. The Bertz CT molecular complexity index is 953. The van der Waals surface area contributed by atoms with Gasteiger partial charge in [-0.2, -0.15) is 0 Å². The number of carbonyl (C=O) groups is 1. The van der Waals surface area contributed by atoms with Gasteiger partial charge in [0.2, 0.25) is 0 Å². The van der Waals surface area contributed by atoms with E-state index >= 15 is 0 Å². The highest BCUT2D eigenvalue weighted by atomic mass is 16.2. The number of fused-ring (bicyclic) bond motifs is 1. The van der Waals surface area contributed by atoms with Gasteiger partial charge in [-0.1, -0.05) is 30.3 Å². The van der Waals surface area contributed by atoms with E-state index in [4.69, 9.17) is 0 Å². The lowest BCUT2D eigenvalue weighted by Crippen LogP contribution is -2.47. The van der Waals surface area contributed by atoms with Crippen molar-refractivity contribution in [3.8, 4) is 11.1 Å². The van der Waals surface area contributed by atoms with Crippen molar-refractivity contribution >= 4 is 16.8 Å². The van der Waals surface area contributed by atoms with Crippen molar-refractivity contribution in [2.24, 2.45) is 0 Å². The number of aromatic nitrogens is 1. The van der Waals surface area contributed by atoms with Crippen LogP contribution in [0.4, 0.5) is 0 Å². The van der Waals surface area contributed by atoms with Gasteiger partial charge in [-0.15, -0.1) is 0 Å². The molecule has 4 rings (SSSR count). The molecule has 0 bridgehead atoms. The van der Waals surface area contributed by atoms with Gasteiger partial charge in [0.1, 0.15) is 0 Å². The third kappa shape index (κ3) is 3.08. The van der Waals surface area contributed by atoms with Crippen LogP contribution in [0.2, 0.25) is 0 Å². The molecule has 2 aromatic carbocycles. The second kappa shape index (κ2) is 6.89. The molecule has 1 aliphatic rings. The number of benzene rings is 2. The predicted molar refractivity (Wildman–Crippen MR) is 105 cm³/mol. The van der Waals surface area contributed by atoms with Crippen molar-refractivity contribution in [2.75, 3.05) is 33.2 Å². The van der Waals surface area contributed by atoms with Gasteiger partial charge < -0.3 is 9.80 Å². The molecule has 0 atom stereocenters. The first-order valence-corrected chi connectivity index (χ1v) is 9.06. The van der Waals surface area contributed by atoms with E-state index in [2.05, 4.69) is 54.2 Å². The molecule has 4 nitrogen and oxygen atoms in total. The molecule has 132 valence electrons. The van der Waals surface area contributed by atoms with Crippen LogP contribution in [-0.2, 0) is 0 Å². The summed E-state index contributed by atoms with van der Waals surface area (Å²) in [6, 6.07) is 16.3. The molecule has 4 heteroatoms. The molecule has 0 saturated carbocycles. The summed E-state index contributed by atoms with van der Waals surface area (Å²) in [6.07, 6.45) is 1.83. The smallest absolute Gasteiger partial charge is 0.253 e. The van der Waals surface area contributed by atoms with E-state index in [1.54, 1.807) is 0 Å². The molecule has 1 aliphatic heterocycles. The first kappa shape index (κ1) is 16.7. The molecule has 1 fully saturated rings. The summed E-state index contributed by atoms with van der Waals surface area (Å²) >= 11 is 0.